The van der Waals surface area contributed by atoms with Crippen LogP contribution in [0.25, 0.3) is 6.08 Å². The third-order valence-electron chi connectivity index (χ3n) is 2.96. The Balaban J connectivity index is 1.84. The largest absolute Gasteiger partial charge is 0.300 e. The topological polar surface area (TPSA) is 41.5 Å². The zero-order valence-corrected chi connectivity index (χ0v) is 14.6. The molecule has 1 heterocycles. The van der Waals surface area contributed by atoms with E-state index in [9.17, 15) is 4.79 Å². The molecule has 1 amide bonds. The molecule has 0 aliphatic carbocycles. The van der Waals surface area contributed by atoms with E-state index in [1.165, 1.54) is 11.8 Å². The third-order valence-corrected chi connectivity index (χ3v) is 4.68. The lowest BCUT2D eigenvalue weighted by Crippen LogP contribution is -2.19. The third kappa shape index (κ3) is 4.09. The van der Waals surface area contributed by atoms with Crippen molar-refractivity contribution in [1.82, 2.24) is 5.32 Å². The van der Waals surface area contributed by atoms with Crippen LogP contribution in [-0.4, -0.2) is 11.1 Å². The highest BCUT2D eigenvalue weighted by Crippen LogP contribution is 2.31. The second kappa shape index (κ2) is 6.97. The summed E-state index contributed by atoms with van der Waals surface area (Å²) >= 11 is 19.1. The molecule has 0 spiro atoms. The minimum absolute atomic E-state index is 0.214. The van der Waals surface area contributed by atoms with E-state index in [4.69, 9.17) is 34.8 Å². The summed E-state index contributed by atoms with van der Waals surface area (Å²) in [5, 5.41) is 4.90. The van der Waals surface area contributed by atoms with Gasteiger partial charge in [0.05, 0.1) is 10.6 Å². The molecule has 1 aliphatic heterocycles. The van der Waals surface area contributed by atoms with Gasteiger partial charge in [0.2, 0.25) is 0 Å². The maximum atomic E-state index is 12.0. The van der Waals surface area contributed by atoms with Crippen molar-refractivity contribution < 1.29 is 4.79 Å². The Kier molecular flexibility index (Phi) is 4.97. The van der Waals surface area contributed by atoms with E-state index < -0.39 is 0 Å². The zero-order valence-electron chi connectivity index (χ0n) is 11.5. The standard InChI is InChI=1S/C16H9Cl3N2OS/c17-10-3-5-12(6-4-10)20-16-21-15(22)14(23-16)7-9-1-2-11(18)8-13(9)19/h1-8H,(H,20,21,22). The second-order valence-electron chi connectivity index (χ2n) is 4.62. The molecule has 1 saturated heterocycles. The summed E-state index contributed by atoms with van der Waals surface area (Å²) in [5.41, 5.74) is 1.43. The van der Waals surface area contributed by atoms with Crippen molar-refractivity contribution in [3.63, 3.8) is 0 Å². The minimum atomic E-state index is -0.214. The van der Waals surface area contributed by atoms with E-state index in [-0.39, 0.29) is 5.91 Å². The van der Waals surface area contributed by atoms with Gasteiger partial charge in [0.1, 0.15) is 0 Å². The highest BCUT2D eigenvalue weighted by atomic mass is 35.5. The van der Waals surface area contributed by atoms with E-state index >= 15 is 0 Å². The molecule has 23 heavy (non-hydrogen) atoms. The lowest BCUT2D eigenvalue weighted by molar-refractivity contribution is -0.115. The Hall–Kier alpha value is -1.46. The van der Waals surface area contributed by atoms with Crippen LogP contribution in [-0.2, 0) is 4.79 Å². The monoisotopic (exact) mass is 382 g/mol. The molecule has 0 saturated carbocycles. The maximum Gasteiger partial charge on any atom is 0.264 e. The molecule has 1 aliphatic rings. The molecule has 0 unspecified atom stereocenters. The van der Waals surface area contributed by atoms with Crippen molar-refractivity contribution in [1.29, 1.82) is 0 Å². The van der Waals surface area contributed by atoms with Gasteiger partial charge in [0.25, 0.3) is 5.91 Å². The van der Waals surface area contributed by atoms with E-state index in [0.29, 0.717) is 30.8 Å². The Morgan fingerprint density at radius 1 is 1.00 bits per heavy atom. The number of carbonyl (C=O) groups is 1. The number of rotatable bonds is 2. The molecule has 1 N–H and O–H groups in total. The van der Waals surface area contributed by atoms with E-state index in [2.05, 4.69) is 10.3 Å². The fourth-order valence-electron chi connectivity index (χ4n) is 1.87. The maximum absolute atomic E-state index is 12.0. The van der Waals surface area contributed by atoms with Crippen molar-refractivity contribution in [3.8, 4) is 0 Å². The zero-order chi connectivity index (χ0) is 16.4. The van der Waals surface area contributed by atoms with Crippen LogP contribution in [0.2, 0.25) is 15.1 Å². The van der Waals surface area contributed by atoms with Crippen LogP contribution < -0.4 is 5.32 Å². The van der Waals surface area contributed by atoms with Crippen LogP contribution in [0.4, 0.5) is 5.69 Å². The average molecular weight is 384 g/mol. The quantitative estimate of drug-likeness (QED) is 0.692. The predicted octanol–water partition coefficient (Wildman–Crippen LogP) is 5.54. The Bertz CT molecular complexity index is 832. The number of aliphatic imine (C=N–C) groups is 1. The van der Waals surface area contributed by atoms with Gasteiger partial charge in [-0.3, -0.25) is 4.79 Å². The van der Waals surface area contributed by atoms with Crippen molar-refractivity contribution in [2.45, 2.75) is 0 Å². The van der Waals surface area contributed by atoms with Gasteiger partial charge in [0.15, 0.2) is 5.17 Å². The molecule has 0 bridgehead atoms. The van der Waals surface area contributed by atoms with Gasteiger partial charge in [-0.15, -0.1) is 0 Å². The van der Waals surface area contributed by atoms with Crippen molar-refractivity contribution in [3.05, 3.63) is 68.0 Å². The van der Waals surface area contributed by atoms with Crippen LogP contribution in [0.5, 0.6) is 0 Å². The predicted molar refractivity (Wildman–Crippen MR) is 98.7 cm³/mol. The number of amidine groups is 1. The van der Waals surface area contributed by atoms with Crippen molar-refractivity contribution in [2.24, 2.45) is 4.99 Å². The van der Waals surface area contributed by atoms with E-state index in [1.54, 1.807) is 48.5 Å². The number of hydrogen-bond acceptors (Lipinski definition) is 3. The molecule has 3 nitrogen and oxygen atoms in total. The van der Waals surface area contributed by atoms with Gasteiger partial charge in [-0.1, -0.05) is 40.9 Å². The molecule has 7 heteroatoms. The molecular weight excluding hydrogens is 375 g/mol. The number of carbonyl (C=O) groups excluding carboxylic acids is 1. The van der Waals surface area contributed by atoms with Crippen LogP contribution in [0.3, 0.4) is 0 Å². The van der Waals surface area contributed by atoms with E-state index in [1.807, 2.05) is 0 Å². The first-order valence-electron chi connectivity index (χ1n) is 6.51. The van der Waals surface area contributed by atoms with Gasteiger partial charge < -0.3 is 5.32 Å². The normalized spacial score (nSPS) is 17.8. The van der Waals surface area contributed by atoms with Gasteiger partial charge >= 0.3 is 0 Å². The number of nitrogens with zero attached hydrogens (tertiary/aromatic N) is 1. The molecule has 3 rings (SSSR count). The molecular formula is C16H9Cl3N2OS. The summed E-state index contributed by atoms with van der Waals surface area (Å²) in [6.45, 7) is 0. The van der Waals surface area contributed by atoms with E-state index in [0.717, 1.165) is 5.56 Å². The van der Waals surface area contributed by atoms with Gasteiger partial charge in [-0.05, 0) is 59.8 Å². The first-order chi connectivity index (χ1) is 11.0. The number of halogens is 3. The highest BCUT2D eigenvalue weighted by molar-refractivity contribution is 8.18. The summed E-state index contributed by atoms with van der Waals surface area (Å²) in [6, 6.07) is 12.2. The average Bonchev–Trinajstić information content (AvgIpc) is 2.84. The molecule has 116 valence electrons. The summed E-state index contributed by atoms with van der Waals surface area (Å²) in [5.74, 6) is -0.214. The summed E-state index contributed by atoms with van der Waals surface area (Å²) in [4.78, 5) is 16.9. The van der Waals surface area contributed by atoms with Crippen molar-refractivity contribution in [2.75, 3.05) is 0 Å². The molecule has 0 aromatic heterocycles. The first-order valence-corrected chi connectivity index (χ1v) is 8.46. The van der Waals surface area contributed by atoms with Crippen LogP contribution >= 0.6 is 46.6 Å². The fraction of sp³-hybridized carbons (Fsp3) is 0. The molecule has 0 radical (unpaired) electrons. The Morgan fingerprint density at radius 2 is 1.70 bits per heavy atom. The lowest BCUT2D eigenvalue weighted by atomic mass is 10.2. The number of nitrogens with one attached hydrogen (secondary N) is 1. The Labute approximate surface area is 152 Å². The smallest absolute Gasteiger partial charge is 0.264 e. The molecule has 1 fully saturated rings. The molecule has 2 aromatic rings. The van der Waals surface area contributed by atoms with Gasteiger partial charge in [-0.2, -0.15) is 0 Å². The summed E-state index contributed by atoms with van der Waals surface area (Å²) in [6.07, 6.45) is 1.71. The van der Waals surface area contributed by atoms with Crippen LogP contribution in [0, 0.1) is 0 Å². The van der Waals surface area contributed by atoms with Crippen molar-refractivity contribution >= 4 is 69.4 Å². The number of hydrogen-bond donors (Lipinski definition) is 1. The Morgan fingerprint density at radius 3 is 2.39 bits per heavy atom. The van der Waals surface area contributed by atoms with Crippen LogP contribution in [0.15, 0.2) is 52.4 Å². The fourth-order valence-corrected chi connectivity index (χ4v) is 3.29. The SMILES string of the molecule is O=C1NC(=Nc2ccc(Cl)cc2)SC1=Cc1ccc(Cl)cc1Cl. The first kappa shape index (κ1) is 16.4. The molecule has 0 atom stereocenters. The number of benzene rings is 2. The minimum Gasteiger partial charge on any atom is -0.300 e. The van der Waals surface area contributed by atoms with Gasteiger partial charge in [-0.25, -0.2) is 4.99 Å². The number of thioether (sulfide) groups is 1. The van der Waals surface area contributed by atoms with Crippen LogP contribution in [0.1, 0.15) is 5.56 Å². The molecule has 2 aromatic carbocycles. The summed E-state index contributed by atoms with van der Waals surface area (Å²) < 4.78 is 0. The summed E-state index contributed by atoms with van der Waals surface area (Å²) in [7, 11) is 0. The highest BCUT2D eigenvalue weighted by Gasteiger charge is 2.24. The number of amides is 1. The second-order valence-corrected chi connectivity index (χ2v) is 6.93. The lowest BCUT2D eigenvalue weighted by Gasteiger charge is -1.99. The van der Waals surface area contributed by atoms with Gasteiger partial charge in [0, 0.05) is 15.1 Å².